The van der Waals surface area contributed by atoms with Crippen LogP contribution in [-0.4, -0.2) is 93.7 Å². The van der Waals surface area contributed by atoms with Crippen LogP contribution in [0, 0.1) is 0 Å². The summed E-state index contributed by atoms with van der Waals surface area (Å²) in [5, 5.41) is 3.61. The van der Waals surface area contributed by atoms with E-state index in [-0.39, 0.29) is 32.0 Å². The Morgan fingerprint density at radius 1 is 0.833 bits per heavy atom. The van der Waals surface area contributed by atoms with E-state index in [4.69, 9.17) is 16.3 Å². The molecule has 13 heteroatoms. The minimum absolute atomic E-state index is 0.0630. The first-order valence-corrected chi connectivity index (χ1v) is 20.4. The molecule has 4 aromatic carbocycles. The van der Waals surface area contributed by atoms with E-state index >= 15 is 0 Å². The molecular weight excluding hydrogens is 726 g/mol. The molecule has 2 atom stereocenters. The number of benzene rings is 4. The van der Waals surface area contributed by atoms with Crippen LogP contribution in [0.2, 0.25) is 5.02 Å². The van der Waals surface area contributed by atoms with E-state index < -0.39 is 39.5 Å². The Morgan fingerprint density at radius 2 is 1.48 bits per heavy atom. The minimum Gasteiger partial charge on any atom is -0.445 e. The lowest BCUT2D eigenvalue weighted by molar-refractivity contribution is -0.139. The summed E-state index contributed by atoms with van der Waals surface area (Å²) in [7, 11) is -3.49. The second-order valence-corrected chi connectivity index (χ2v) is 16.7. The van der Waals surface area contributed by atoms with Crippen molar-refractivity contribution in [2.45, 2.75) is 43.4 Å². The molecule has 54 heavy (non-hydrogen) atoms. The molecule has 1 spiro atoms. The van der Waals surface area contributed by atoms with Crippen molar-refractivity contribution in [1.82, 2.24) is 15.1 Å². The molecule has 282 valence electrons. The number of likely N-dealkylation sites (tertiary alicyclic amines) is 1. The average molecular weight is 770 g/mol. The lowest BCUT2D eigenvalue weighted by Gasteiger charge is -2.42. The van der Waals surface area contributed by atoms with Gasteiger partial charge in [-0.05, 0) is 59.9 Å². The predicted molar refractivity (Wildman–Crippen MR) is 209 cm³/mol. The predicted octanol–water partition coefficient (Wildman–Crippen LogP) is 5.23. The Kier molecular flexibility index (Phi) is 10.8. The van der Waals surface area contributed by atoms with E-state index in [1.165, 1.54) is 15.5 Å². The number of carbonyl (C=O) groups is 3. The number of nitrogens with one attached hydrogen (secondary N) is 1. The van der Waals surface area contributed by atoms with Crippen molar-refractivity contribution in [3.05, 3.63) is 131 Å². The fourth-order valence-electron chi connectivity index (χ4n) is 7.91. The van der Waals surface area contributed by atoms with Crippen molar-refractivity contribution >= 4 is 50.9 Å². The number of anilines is 2. The molecule has 11 nitrogen and oxygen atoms in total. The van der Waals surface area contributed by atoms with Crippen LogP contribution in [0.3, 0.4) is 0 Å². The molecule has 3 aliphatic heterocycles. The zero-order valence-electron chi connectivity index (χ0n) is 30.1. The van der Waals surface area contributed by atoms with Gasteiger partial charge in [0.15, 0.2) is 0 Å². The molecule has 0 bridgehead atoms. The Labute approximate surface area is 321 Å². The number of ether oxygens (including phenoxy) is 1. The standard InChI is InChI=1S/C41H44ClN5O6S/c1-54(51,52)47-29-41(34-14-8-9-15-36(34)47)20-22-44(23-21-41)39(49)35(26-30-16-18-32(42)19-17-30)43-38(48)37-27-45(33-12-6-3-7-13-33)24-25-46(37)40(50)53-28-31-10-4-2-5-11-31/h2-19,35,37H,20-29H2,1H3,(H,43,48). The first kappa shape index (κ1) is 37.3. The Hall–Kier alpha value is -5.07. The van der Waals surface area contributed by atoms with Gasteiger partial charge in [-0.15, -0.1) is 0 Å². The topological polar surface area (TPSA) is 120 Å². The van der Waals surface area contributed by atoms with E-state index in [0.717, 1.165) is 22.4 Å². The van der Waals surface area contributed by atoms with Crippen molar-refractivity contribution in [1.29, 1.82) is 0 Å². The molecule has 3 aliphatic rings. The van der Waals surface area contributed by atoms with E-state index in [9.17, 15) is 22.8 Å². The molecule has 7 rings (SSSR count). The highest BCUT2D eigenvalue weighted by atomic mass is 35.5. The summed E-state index contributed by atoms with van der Waals surface area (Å²) in [5.41, 5.74) is 3.82. The van der Waals surface area contributed by atoms with Crippen molar-refractivity contribution in [3.8, 4) is 0 Å². The van der Waals surface area contributed by atoms with Crippen LogP contribution >= 0.6 is 11.6 Å². The van der Waals surface area contributed by atoms with Crippen molar-refractivity contribution in [2.24, 2.45) is 0 Å². The van der Waals surface area contributed by atoms with Gasteiger partial charge in [0.25, 0.3) is 0 Å². The highest BCUT2D eigenvalue weighted by Gasteiger charge is 2.48. The lowest BCUT2D eigenvalue weighted by Crippen LogP contribution is -2.63. The summed E-state index contributed by atoms with van der Waals surface area (Å²) in [5.74, 6) is -0.699. The first-order valence-electron chi connectivity index (χ1n) is 18.2. The van der Waals surface area contributed by atoms with Crippen molar-refractivity contribution in [3.63, 3.8) is 0 Å². The zero-order valence-corrected chi connectivity index (χ0v) is 31.7. The van der Waals surface area contributed by atoms with E-state index in [2.05, 4.69) is 10.2 Å². The van der Waals surface area contributed by atoms with Gasteiger partial charge in [-0.1, -0.05) is 90.5 Å². The first-order chi connectivity index (χ1) is 26.0. The summed E-state index contributed by atoms with van der Waals surface area (Å²) in [4.78, 5) is 47.8. The summed E-state index contributed by atoms with van der Waals surface area (Å²) < 4.78 is 32.7. The number of carbonyl (C=O) groups excluding carboxylic acids is 3. The van der Waals surface area contributed by atoms with Gasteiger partial charge < -0.3 is 19.9 Å². The van der Waals surface area contributed by atoms with E-state index in [1.807, 2.05) is 97.1 Å². The maximum Gasteiger partial charge on any atom is 0.410 e. The molecule has 0 radical (unpaired) electrons. The molecule has 3 heterocycles. The number of amides is 3. The fraction of sp³-hybridized carbons (Fsp3) is 0.341. The molecule has 4 aromatic rings. The molecule has 2 saturated heterocycles. The SMILES string of the molecule is CS(=O)(=O)N1CC2(CCN(C(=O)C(Cc3ccc(Cl)cc3)NC(=O)C3CN(c4ccccc4)CCN3C(=O)OCc3ccccc3)CC2)c2ccccc21. The van der Waals surface area contributed by atoms with Gasteiger partial charge >= 0.3 is 6.09 Å². The number of nitrogens with zero attached hydrogens (tertiary/aromatic N) is 4. The number of fused-ring (bicyclic) bond motifs is 2. The van der Waals surface area contributed by atoms with Gasteiger partial charge in [-0.3, -0.25) is 18.8 Å². The molecule has 3 amide bonds. The largest absolute Gasteiger partial charge is 0.445 e. The van der Waals surface area contributed by atoms with Crippen molar-refractivity contribution < 1.29 is 27.5 Å². The number of hydrogen-bond acceptors (Lipinski definition) is 7. The van der Waals surface area contributed by atoms with Gasteiger partial charge in [0, 0.05) is 61.8 Å². The Bertz CT molecular complexity index is 2080. The monoisotopic (exact) mass is 769 g/mol. The van der Waals surface area contributed by atoms with Gasteiger partial charge in [0.05, 0.1) is 11.9 Å². The third kappa shape index (κ3) is 8.05. The fourth-order valence-corrected chi connectivity index (χ4v) is 9.03. The lowest BCUT2D eigenvalue weighted by atomic mass is 9.74. The summed E-state index contributed by atoms with van der Waals surface area (Å²) in [6, 6.07) is 31.9. The number of piperidine rings is 1. The Balaban J connectivity index is 1.11. The van der Waals surface area contributed by atoms with Crippen LogP contribution in [0.5, 0.6) is 0 Å². The average Bonchev–Trinajstić information content (AvgIpc) is 3.52. The smallest absolute Gasteiger partial charge is 0.410 e. The van der Waals surface area contributed by atoms with Crippen LogP contribution in [0.25, 0.3) is 0 Å². The van der Waals surface area contributed by atoms with E-state index in [1.54, 1.807) is 17.0 Å². The molecule has 2 fully saturated rings. The van der Waals surface area contributed by atoms with Gasteiger partial charge in [-0.2, -0.15) is 0 Å². The minimum atomic E-state index is -3.49. The quantitative estimate of drug-likeness (QED) is 0.248. The molecule has 0 aliphatic carbocycles. The van der Waals surface area contributed by atoms with Crippen LogP contribution in [0.4, 0.5) is 16.2 Å². The molecule has 1 N–H and O–H groups in total. The highest BCUT2D eigenvalue weighted by Crippen LogP contribution is 2.47. The summed E-state index contributed by atoms with van der Waals surface area (Å²) >= 11 is 6.19. The number of rotatable bonds is 9. The molecule has 0 aromatic heterocycles. The van der Waals surface area contributed by atoms with Crippen LogP contribution < -0.4 is 14.5 Å². The normalized spacial score (nSPS) is 18.6. The van der Waals surface area contributed by atoms with Gasteiger partial charge in [0.2, 0.25) is 21.8 Å². The third-order valence-corrected chi connectivity index (χ3v) is 12.2. The van der Waals surface area contributed by atoms with Crippen LogP contribution in [0.15, 0.2) is 109 Å². The third-order valence-electron chi connectivity index (χ3n) is 10.8. The maximum atomic E-state index is 14.5. The second kappa shape index (κ2) is 15.7. The van der Waals surface area contributed by atoms with E-state index in [0.29, 0.717) is 49.7 Å². The number of piperazine rings is 1. The van der Waals surface area contributed by atoms with Crippen molar-refractivity contribution in [2.75, 3.05) is 54.7 Å². The summed E-state index contributed by atoms with van der Waals surface area (Å²) in [6.07, 6.45) is 1.97. The highest BCUT2D eigenvalue weighted by molar-refractivity contribution is 7.92. The molecular formula is C41H44ClN5O6S. The van der Waals surface area contributed by atoms with Gasteiger partial charge in [-0.25, -0.2) is 13.2 Å². The summed E-state index contributed by atoms with van der Waals surface area (Å²) in [6.45, 7) is 2.12. The van der Waals surface area contributed by atoms with Crippen LogP contribution in [0.1, 0.15) is 29.5 Å². The maximum absolute atomic E-state index is 14.5. The number of halogens is 1. The van der Waals surface area contributed by atoms with Gasteiger partial charge in [0.1, 0.15) is 18.7 Å². The second-order valence-electron chi connectivity index (χ2n) is 14.3. The van der Waals surface area contributed by atoms with Crippen LogP contribution in [-0.2, 0) is 42.8 Å². The number of para-hydroxylation sites is 2. The zero-order chi connectivity index (χ0) is 37.9. The number of hydrogen-bond donors (Lipinski definition) is 1. The Morgan fingerprint density at radius 3 is 2.17 bits per heavy atom. The number of sulfonamides is 1. The molecule has 0 saturated carbocycles. The molecule has 2 unspecified atom stereocenters.